The van der Waals surface area contributed by atoms with Gasteiger partial charge >= 0.3 is 0 Å². The largest absolute Gasteiger partial charge is 0.467 e. The van der Waals surface area contributed by atoms with E-state index in [4.69, 9.17) is 27.6 Å². The van der Waals surface area contributed by atoms with Gasteiger partial charge in [0.2, 0.25) is 0 Å². The van der Waals surface area contributed by atoms with Gasteiger partial charge < -0.3 is 9.73 Å². The fourth-order valence-electron chi connectivity index (χ4n) is 2.12. The number of halogens is 2. The van der Waals surface area contributed by atoms with Crippen LogP contribution in [0.1, 0.15) is 21.9 Å². The molecule has 0 saturated heterocycles. The number of hydrogen-bond donors (Lipinski definition) is 1. The Balaban J connectivity index is 1.95. The number of amides is 1. The molecular formula is C14H11Cl2N3O2. The second-order valence-electron chi connectivity index (χ2n) is 4.51. The predicted octanol–water partition coefficient (Wildman–Crippen LogP) is 3.47. The van der Waals surface area contributed by atoms with Gasteiger partial charge in [-0.15, -0.1) is 0 Å². The van der Waals surface area contributed by atoms with Gasteiger partial charge in [0, 0.05) is 6.20 Å². The number of nitrogens with one attached hydrogen (secondary N) is 1. The molecule has 3 aromatic rings. The summed E-state index contributed by atoms with van der Waals surface area (Å²) in [6.45, 7) is 2.05. The summed E-state index contributed by atoms with van der Waals surface area (Å²) in [5, 5.41) is 3.61. The van der Waals surface area contributed by atoms with Crippen LogP contribution in [-0.2, 0) is 6.54 Å². The summed E-state index contributed by atoms with van der Waals surface area (Å²) in [6.07, 6.45) is 3.17. The molecule has 3 rings (SSSR count). The number of carbonyl (C=O) groups excluding carboxylic acids is 1. The van der Waals surface area contributed by atoms with E-state index in [1.165, 1.54) is 0 Å². The van der Waals surface area contributed by atoms with Crippen molar-refractivity contribution in [3.8, 4) is 0 Å². The number of aryl methyl sites for hydroxylation is 1. The fourth-order valence-corrected chi connectivity index (χ4v) is 2.64. The van der Waals surface area contributed by atoms with E-state index in [9.17, 15) is 4.79 Å². The SMILES string of the molecule is Cc1nc2c(Cl)cc(Cl)cn2c1C(=O)NCc1ccco1. The molecule has 5 nitrogen and oxygen atoms in total. The molecule has 0 unspecified atom stereocenters. The first kappa shape index (κ1) is 14.0. The number of nitrogens with zero attached hydrogens (tertiary/aromatic N) is 2. The predicted molar refractivity (Wildman–Crippen MR) is 79.8 cm³/mol. The van der Waals surface area contributed by atoms with E-state index in [0.717, 1.165) is 0 Å². The van der Waals surface area contributed by atoms with Crippen molar-refractivity contribution in [1.29, 1.82) is 0 Å². The van der Waals surface area contributed by atoms with Crippen LogP contribution in [0, 0.1) is 6.92 Å². The lowest BCUT2D eigenvalue weighted by Crippen LogP contribution is -2.24. The van der Waals surface area contributed by atoms with Gasteiger partial charge in [-0.25, -0.2) is 4.98 Å². The van der Waals surface area contributed by atoms with Crippen molar-refractivity contribution in [2.75, 3.05) is 0 Å². The van der Waals surface area contributed by atoms with E-state index >= 15 is 0 Å². The van der Waals surface area contributed by atoms with Crippen molar-refractivity contribution < 1.29 is 9.21 Å². The van der Waals surface area contributed by atoms with Crippen LogP contribution in [0.2, 0.25) is 10.0 Å². The lowest BCUT2D eigenvalue weighted by atomic mass is 10.3. The zero-order chi connectivity index (χ0) is 15.0. The highest BCUT2D eigenvalue weighted by Crippen LogP contribution is 2.24. The minimum absolute atomic E-state index is 0.269. The molecular weight excluding hydrogens is 313 g/mol. The molecule has 0 spiro atoms. The molecule has 0 atom stereocenters. The van der Waals surface area contributed by atoms with Crippen molar-refractivity contribution in [3.05, 3.63) is 57.9 Å². The molecule has 1 amide bonds. The van der Waals surface area contributed by atoms with Crippen molar-refractivity contribution in [1.82, 2.24) is 14.7 Å². The smallest absolute Gasteiger partial charge is 0.270 e. The van der Waals surface area contributed by atoms with E-state index in [1.807, 2.05) is 0 Å². The van der Waals surface area contributed by atoms with Crippen LogP contribution in [0.15, 0.2) is 35.1 Å². The van der Waals surface area contributed by atoms with Crippen LogP contribution in [0.4, 0.5) is 0 Å². The Bertz CT molecular complexity index is 809. The average Bonchev–Trinajstić information content (AvgIpc) is 3.03. The molecule has 0 bridgehead atoms. The number of aromatic nitrogens is 2. The first-order valence-electron chi connectivity index (χ1n) is 6.20. The van der Waals surface area contributed by atoms with Crippen LogP contribution >= 0.6 is 23.2 Å². The third-order valence-electron chi connectivity index (χ3n) is 3.03. The minimum atomic E-state index is -0.269. The van der Waals surface area contributed by atoms with Crippen LogP contribution in [0.25, 0.3) is 5.65 Å². The zero-order valence-corrected chi connectivity index (χ0v) is 12.6. The topological polar surface area (TPSA) is 59.5 Å². The molecule has 0 radical (unpaired) electrons. The second kappa shape index (κ2) is 5.42. The van der Waals surface area contributed by atoms with Crippen molar-refractivity contribution in [2.45, 2.75) is 13.5 Å². The summed E-state index contributed by atoms with van der Waals surface area (Å²) >= 11 is 12.1. The number of hydrogen-bond acceptors (Lipinski definition) is 3. The van der Waals surface area contributed by atoms with Crippen LogP contribution in [0.5, 0.6) is 0 Å². The normalized spacial score (nSPS) is 11.0. The maximum absolute atomic E-state index is 12.4. The number of imidazole rings is 1. The Morgan fingerprint density at radius 3 is 3.00 bits per heavy atom. The molecule has 21 heavy (non-hydrogen) atoms. The van der Waals surface area contributed by atoms with E-state index in [1.54, 1.807) is 42.0 Å². The highest BCUT2D eigenvalue weighted by atomic mass is 35.5. The number of pyridine rings is 1. The van der Waals surface area contributed by atoms with Gasteiger partial charge in [0.25, 0.3) is 5.91 Å². The highest BCUT2D eigenvalue weighted by Gasteiger charge is 2.18. The maximum Gasteiger partial charge on any atom is 0.270 e. The van der Waals surface area contributed by atoms with Gasteiger partial charge in [0.1, 0.15) is 11.5 Å². The molecule has 0 aliphatic rings. The Kier molecular flexibility index (Phi) is 3.61. The van der Waals surface area contributed by atoms with Gasteiger partial charge in [0.05, 0.1) is 28.5 Å². The summed E-state index contributed by atoms with van der Waals surface area (Å²) in [5.41, 5.74) is 1.48. The summed E-state index contributed by atoms with van der Waals surface area (Å²) in [4.78, 5) is 16.7. The molecule has 108 valence electrons. The Morgan fingerprint density at radius 1 is 1.48 bits per heavy atom. The van der Waals surface area contributed by atoms with Crippen LogP contribution < -0.4 is 5.32 Å². The molecule has 0 fully saturated rings. The average molecular weight is 324 g/mol. The molecule has 7 heteroatoms. The Hall–Kier alpha value is -1.98. The number of carbonyl (C=O) groups is 1. The monoisotopic (exact) mass is 323 g/mol. The van der Waals surface area contributed by atoms with Crippen LogP contribution in [-0.4, -0.2) is 15.3 Å². The molecule has 0 aliphatic carbocycles. The molecule has 3 heterocycles. The van der Waals surface area contributed by atoms with Crippen LogP contribution in [0.3, 0.4) is 0 Å². The first-order valence-corrected chi connectivity index (χ1v) is 6.96. The molecule has 3 aromatic heterocycles. The van der Waals surface area contributed by atoms with Gasteiger partial charge in [-0.2, -0.15) is 0 Å². The summed E-state index contributed by atoms with van der Waals surface area (Å²) < 4.78 is 6.77. The van der Waals surface area contributed by atoms with E-state index in [2.05, 4.69) is 10.3 Å². The van der Waals surface area contributed by atoms with Gasteiger partial charge in [-0.05, 0) is 25.1 Å². The maximum atomic E-state index is 12.4. The van der Waals surface area contributed by atoms with E-state index < -0.39 is 0 Å². The number of furan rings is 1. The van der Waals surface area contributed by atoms with Crippen molar-refractivity contribution in [3.63, 3.8) is 0 Å². The van der Waals surface area contributed by atoms with E-state index in [-0.39, 0.29) is 5.91 Å². The van der Waals surface area contributed by atoms with Gasteiger partial charge in [0.15, 0.2) is 5.65 Å². The molecule has 0 saturated carbocycles. The Labute approximate surface area is 130 Å². The lowest BCUT2D eigenvalue weighted by molar-refractivity contribution is 0.0941. The summed E-state index contributed by atoms with van der Waals surface area (Å²) in [6, 6.07) is 5.14. The number of rotatable bonds is 3. The summed E-state index contributed by atoms with van der Waals surface area (Å²) in [7, 11) is 0. The lowest BCUT2D eigenvalue weighted by Gasteiger charge is -2.05. The van der Waals surface area contributed by atoms with Crippen molar-refractivity contribution >= 4 is 34.8 Å². The fraction of sp³-hybridized carbons (Fsp3) is 0.143. The third kappa shape index (κ3) is 2.62. The van der Waals surface area contributed by atoms with E-state index in [0.29, 0.717) is 39.4 Å². The molecule has 0 aliphatic heterocycles. The number of fused-ring (bicyclic) bond motifs is 1. The summed E-state index contributed by atoms with van der Waals surface area (Å²) in [5.74, 6) is 0.403. The second-order valence-corrected chi connectivity index (χ2v) is 5.35. The third-order valence-corrected chi connectivity index (χ3v) is 3.52. The minimum Gasteiger partial charge on any atom is -0.467 e. The molecule has 0 aromatic carbocycles. The first-order chi connectivity index (χ1) is 10.1. The Morgan fingerprint density at radius 2 is 2.29 bits per heavy atom. The van der Waals surface area contributed by atoms with Crippen molar-refractivity contribution in [2.24, 2.45) is 0 Å². The zero-order valence-electron chi connectivity index (χ0n) is 11.1. The standard InChI is InChI=1S/C14H11Cl2N3O2/c1-8-12(14(20)17-6-10-3-2-4-21-10)19-7-9(15)5-11(16)13(19)18-8/h2-5,7H,6H2,1H3,(H,17,20). The van der Waals surface area contributed by atoms with Gasteiger partial charge in [-0.3, -0.25) is 9.20 Å². The highest BCUT2D eigenvalue weighted by molar-refractivity contribution is 6.36. The van der Waals surface area contributed by atoms with Gasteiger partial charge in [-0.1, -0.05) is 23.2 Å². The quantitative estimate of drug-likeness (QED) is 0.802. The molecule has 1 N–H and O–H groups in total.